The third-order valence-electron chi connectivity index (χ3n) is 4.86. The van der Waals surface area contributed by atoms with Crippen molar-refractivity contribution in [3.8, 4) is 5.75 Å². The first-order chi connectivity index (χ1) is 12.1. The van der Waals surface area contributed by atoms with E-state index in [1.165, 1.54) is 0 Å². The van der Waals surface area contributed by atoms with Crippen LogP contribution in [-0.2, 0) is 16.1 Å². The van der Waals surface area contributed by atoms with Crippen molar-refractivity contribution in [2.75, 3.05) is 0 Å². The number of para-hydroxylation sites is 1. The molecule has 0 aliphatic carbocycles. The Morgan fingerprint density at radius 2 is 1.92 bits per heavy atom. The minimum absolute atomic E-state index is 0.0144. The average Bonchev–Trinajstić information content (AvgIpc) is 2.60. The Balaban J connectivity index is 1.63. The minimum atomic E-state index is -0.494. The van der Waals surface area contributed by atoms with Gasteiger partial charge in [0.25, 0.3) is 0 Å². The molecule has 2 aliphatic rings. The van der Waals surface area contributed by atoms with Crippen LogP contribution in [0.1, 0.15) is 37.3 Å². The molecule has 1 N–H and O–H groups in total. The van der Waals surface area contributed by atoms with Gasteiger partial charge in [0.05, 0.1) is 5.57 Å². The maximum atomic E-state index is 12.8. The average molecular weight is 335 g/mol. The van der Waals surface area contributed by atoms with Crippen LogP contribution in [0, 0.1) is 0 Å². The fourth-order valence-corrected chi connectivity index (χ4v) is 3.80. The third-order valence-corrected chi connectivity index (χ3v) is 4.86. The van der Waals surface area contributed by atoms with Crippen molar-refractivity contribution in [2.45, 2.75) is 38.5 Å². The van der Waals surface area contributed by atoms with E-state index in [1.54, 1.807) is 0 Å². The smallest absolute Gasteiger partial charge is 0.336 e. The number of ether oxygens (including phenoxy) is 2. The van der Waals surface area contributed by atoms with E-state index in [0.717, 1.165) is 22.6 Å². The molecule has 2 bridgehead atoms. The molecule has 2 aromatic carbocycles. The van der Waals surface area contributed by atoms with Crippen molar-refractivity contribution in [1.29, 1.82) is 0 Å². The van der Waals surface area contributed by atoms with Gasteiger partial charge < -0.3 is 14.8 Å². The number of hydrogen-bond donors (Lipinski definition) is 1. The summed E-state index contributed by atoms with van der Waals surface area (Å²) in [6.45, 7) is 4.21. The highest BCUT2D eigenvalue weighted by atomic mass is 16.5. The first kappa shape index (κ1) is 15.8. The van der Waals surface area contributed by atoms with Gasteiger partial charge in [-0.05, 0) is 25.5 Å². The third kappa shape index (κ3) is 2.88. The van der Waals surface area contributed by atoms with Gasteiger partial charge in [-0.1, -0.05) is 48.5 Å². The predicted octanol–water partition coefficient (Wildman–Crippen LogP) is 3.89. The summed E-state index contributed by atoms with van der Waals surface area (Å²) in [6, 6.07) is 17.7. The van der Waals surface area contributed by atoms with Crippen molar-refractivity contribution in [3.05, 3.63) is 77.0 Å². The van der Waals surface area contributed by atoms with E-state index in [-0.39, 0.29) is 18.5 Å². The van der Waals surface area contributed by atoms with Crippen molar-refractivity contribution in [1.82, 2.24) is 5.32 Å². The van der Waals surface area contributed by atoms with Gasteiger partial charge in [0.2, 0.25) is 0 Å². The van der Waals surface area contributed by atoms with Gasteiger partial charge >= 0.3 is 5.97 Å². The van der Waals surface area contributed by atoms with Gasteiger partial charge in [0.15, 0.2) is 5.72 Å². The molecule has 4 rings (SSSR count). The molecule has 2 atom stereocenters. The lowest BCUT2D eigenvalue weighted by Gasteiger charge is -2.45. The number of rotatable bonds is 3. The summed E-state index contributed by atoms with van der Waals surface area (Å²) in [4.78, 5) is 12.8. The van der Waals surface area contributed by atoms with Crippen LogP contribution < -0.4 is 10.1 Å². The van der Waals surface area contributed by atoms with E-state index in [9.17, 15) is 4.79 Å². The van der Waals surface area contributed by atoms with E-state index in [0.29, 0.717) is 12.0 Å². The van der Waals surface area contributed by atoms with Crippen LogP contribution in [-0.4, -0.2) is 11.7 Å². The summed E-state index contributed by atoms with van der Waals surface area (Å²) in [7, 11) is 0. The SMILES string of the molecule is CC1=C(C(=O)OCc2ccccc2)[C@@H]2C[C@@](C)(N1)Oc1ccccc12. The molecule has 25 heavy (non-hydrogen) atoms. The summed E-state index contributed by atoms with van der Waals surface area (Å²) < 4.78 is 11.7. The van der Waals surface area contributed by atoms with Crippen LogP contribution in [0.5, 0.6) is 5.75 Å². The van der Waals surface area contributed by atoms with E-state index in [2.05, 4.69) is 5.32 Å². The number of carbonyl (C=O) groups is 1. The minimum Gasteiger partial charge on any atom is -0.468 e. The van der Waals surface area contributed by atoms with E-state index >= 15 is 0 Å². The van der Waals surface area contributed by atoms with E-state index in [1.807, 2.05) is 68.4 Å². The summed E-state index contributed by atoms with van der Waals surface area (Å²) in [5.41, 5.74) is 3.06. The first-order valence-corrected chi connectivity index (χ1v) is 8.54. The van der Waals surface area contributed by atoms with Crippen LogP contribution in [0.3, 0.4) is 0 Å². The summed E-state index contributed by atoms with van der Waals surface area (Å²) in [6.07, 6.45) is 0.705. The van der Waals surface area contributed by atoms with Crippen molar-refractivity contribution < 1.29 is 14.3 Å². The number of carbonyl (C=O) groups excluding carboxylic acids is 1. The first-order valence-electron chi connectivity index (χ1n) is 8.54. The largest absolute Gasteiger partial charge is 0.468 e. The van der Waals surface area contributed by atoms with Crippen molar-refractivity contribution in [2.24, 2.45) is 0 Å². The molecular weight excluding hydrogens is 314 g/mol. The Bertz CT molecular complexity index is 843. The van der Waals surface area contributed by atoms with Crippen molar-refractivity contribution >= 4 is 5.97 Å². The maximum Gasteiger partial charge on any atom is 0.336 e. The van der Waals surface area contributed by atoms with E-state index < -0.39 is 5.72 Å². The topological polar surface area (TPSA) is 47.6 Å². The Morgan fingerprint density at radius 3 is 2.72 bits per heavy atom. The fraction of sp³-hybridized carbons (Fsp3) is 0.286. The molecule has 0 aromatic heterocycles. The van der Waals surface area contributed by atoms with Gasteiger partial charge in [-0.3, -0.25) is 0 Å². The molecule has 2 aliphatic heterocycles. The monoisotopic (exact) mass is 335 g/mol. The van der Waals surface area contributed by atoms with Crippen LogP contribution in [0.2, 0.25) is 0 Å². The quantitative estimate of drug-likeness (QED) is 0.865. The van der Waals surface area contributed by atoms with Crippen LogP contribution in [0.4, 0.5) is 0 Å². The van der Waals surface area contributed by atoms with Gasteiger partial charge in [0.1, 0.15) is 12.4 Å². The van der Waals surface area contributed by atoms with Gasteiger partial charge in [0, 0.05) is 23.6 Å². The number of hydrogen-bond acceptors (Lipinski definition) is 4. The fourth-order valence-electron chi connectivity index (χ4n) is 3.80. The molecule has 2 aromatic rings. The van der Waals surface area contributed by atoms with Crippen molar-refractivity contribution in [3.63, 3.8) is 0 Å². The van der Waals surface area contributed by atoms with E-state index in [4.69, 9.17) is 9.47 Å². The second-order valence-corrected chi connectivity index (χ2v) is 6.85. The van der Waals surface area contributed by atoms with Gasteiger partial charge in [-0.25, -0.2) is 4.79 Å². The lowest BCUT2D eigenvalue weighted by molar-refractivity contribution is -0.141. The number of nitrogens with one attached hydrogen (secondary N) is 1. The summed E-state index contributed by atoms with van der Waals surface area (Å²) in [5.74, 6) is 0.548. The molecule has 0 amide bonds. The highest BCUT2D eigenvalue weighted by Gasteiger charge is 2.45. The molecule has 2 heterocycles. The molecule has 0 unspecified atom stereocenters. The molecule has 4 nitrogen and oxygen atoms in total. The summed E-state index contributed by atoms with van der Waals surface area (Å²) in [5, 5.41) is 3.35. The zero-order valence-electron chi connectivity index (χ0n) is 14.4. The molecule has 0 saturated heterocycles. The Morgan fingerprint density at radius 1 is 1.20 bits per heavy atom. The molecule has 0 saturated carbocycles. The highest BCUT2D eigenvalue weighted by Crippen LogP contribution is 2.47. The van der Waals surface area contributed by atoms with Gasteiger partial charge in [-0.2, -0.15) is 0 Å². The Hall–Kier alpha value is -2.75. The second kappa shape index (κ2) is 5.96. The zero-order valence-corrected chi connectivity index (χ0v) is 14.4. The molecule has 128 valence electrons. The van der Waals surface area contributed by atoms with Crippen LogP contribution in [0.25, 0.3) is 0 Å². The standard InChI is InChI=1S/C21H21NO3/c1-14-19(20(23)24-13-15-8-4-3-5-9-15)17-12-21(2,22-14)25-18-11-7-6-10-16(17)18/h3-11,17,22H,12-13H2,1-2H3/t17-,21+/m1/s1. The van der Waals surface area contributed by atoms with Crippen LogP contribution >= 0.6 is 0 Å². The molecular formula is C21H21NO3. The number of fused-ring (bicyclic) bond motifs is 4. The highest BCUT2D eigenvalue weighted by molar-refractivity contribution is 5.91. The Kier molecular flexibility index (Phi) is 3.75. The lowest BCUT2D eigenvalue weighted by Crippen LogP contribution is -2.54. The molecule has 0 fully saturated rings. The molecule has 0 radical (unpaired) electrons. The molecule has 0 spiro atoms. The molecule has 4 heteroatoms. The number of benzene rings is 2. The number of allylic oxidation sites excluding steroid dienone is 1. The predicted molar refractivity (Wildman–Crippen MR) is 94.9 cm³/mol. The number of esters is 1. The zero-order chi connectivity index (χ0) is 17.4. The second-order valence-electron chi connectivity index (χ2n) is 6.85. The Labute approximate surface area is 147 Å². The van der Waals surface area contributed by atoms with Gasteiger partial charge in [-0.15, -0.1) is 0 Å². The van der Waals surface area contributed by atoms with Crippen LogP contribution in [0.15, 0.2) is 65.9 Å². The maximum absolute atomic E-state index is 12.8. The normalized spacial score (nSPS) is 24.0. The lowest BCUT2D eigenvalue weighted by atomic mass is 9.78. The summed E-state index contributed by atoms with van der Waals surface area (Å²) >= 11 is 0.